The lowest BCUT2D eigenvalue weighted by molar-refractivity contribution is 0.628. The van der Waals surface area contributed by atoms with Crippen molar-refractivity contribution in [3.63, 3.8) is 0 Å². The van der Waals surface area contributed by atoms with Crippen molar-refractivity contribution in [2.24, 2.45) is 0 Å². The van der Waals surface area contributed by atoms with Crippen molar-refractivity contribution < 1.29 is 4.39 Å². The lowest BCUT2D eigenvalue weighted by Gasteiger charge is -2.07. The number of nitrogens with one attached hydrogen (secondary N) is 1. The fourth-order valence-electron chi connectivity index (χ4n) is 1.53. The number of halogens is 1. The maximum absolute atomic E-state index is 12.8. The second-order valence-electron chi connectivity index (χ2n) is 3.29. The molecule has 0 heterocycles. The lowest BCUT2D eigenvalue weighted by atomic mass is 10.0. The largest absolute Gasteiger partial charge is 0.292 e. The maximum Gasteiger partial charge on any atom is 0.181 e. The number of benzene rings is 2. The first-order valence-corrected chi connectivity index (χ1v) is 4.81. The minimum Gasteiger partial charge on any atom is -0.292 e. The molecule has 0 radical (unpaired) electrons. The lowest BCUT2D eigenvalue weighted by Crippen LogP contribution is -1.90. The Morgan fingerprint density at radius 3 is 2.38 bits per heavy atom. The summed E-state index contributed by atoms with van der Waals surface area (Å²) in [6.45, 7) is 0. The Bertz CT molecular complexity index is 526. The maximum atomic E-state index is 12.8. The van der Waals surface area contributed by atoms with Gasteiger partial charge < -0.3 is 0 Å². The molecule has 0 bridgehead atoms. The number of anilines is 1. The Morgan fingerprint density at radius 1 is 1.00 bits per heavy atom. The van der Waals surface area contributed by atoms with Gasteiger partial charge in [-0.25, -0.2) is 4.39 Å². The first-order valence-electron chi connectivity index (χ1n) is 4.81. The fourth-order valence-corrected chi connectivity index (χ4v) is 1.53. The normalized spacial score (nSPS) is 9.50. The summed E-state index contributed by atoms with van der Waals surface area (Å²) >= 11 is 0. The summed E-state index contributed by atoms with van der Waals surface area (Å²) < 4.78 is 12.8. The molecule has 2 nitrogen and oxygen atoms in total. The van der Waals surface area contributed by atoms with E-state index in [1.165, 1.54) is 12.1 Å². The summed E-state index contributed by atoms with van der Waals surface area (Å²) in [7, 11) is 0. The third-order valence-electron chi connectivity index (χ3n) is 2.27. The number of para-hydroxylation sites is 1. The zero-order valence-corrected chi connectivity index (χ0v) is 8.44. The van der Waals surface area contributed by atoms with Gasteiger partial charge in [-0.2, -0.15) is 5.26 Å². The van der Waals surface area contributed by atoms with Crippen molar-refractivity contribution in [3.8, 4) is 17.3 Å². The van der Waals surface area contributed by atoms with Crippen LogP contribution in [0.3, 0.4) is 0 Å². The van der Waals surface area contributed by atoms with Gasteiger partial charge in [0.05, 0.1) is 5.69 Å². The van der Waals surface area contributed by atoms with Crippen LogP contribution >= 0.6 is 0 Å². The summed E-state index contributed by atoms with van der Waals surface area (Å²) in [4.78, 5) is 0. The van der Waals surface area contributed by atoms with Gasteiger partial charge in [-0.05, 0) is 23.8 Å². The molecule has 1 N–H and O–H groups in total. The molecule has 2 aromatic rings. The van der Waals surface area contributed by atoms with Crippen LogP contribution in [0, 0.1) is 17.3 Å². The number of nitriles is 1. The molecule has 0 atom stereocenters. The Kier molecular flexibility index (Phi) is 2.84. The first-order chi connectivity index (χ1) is 7.81. The van der Waals surface area contributed by atoms with Crippen LogP contribution < -0.4 is 5.32 Å². The van der Waals surface area contributed by atoms with Crippen molar-refractivity contribution in [2.75, 3.05) is 5.32 Å². The van der Waals surface area contributed by atoms with Crippen LogP contribution in [-0.4, -0.2) is 0 Å². The first kappa shape index (κ1) is 10.2. The molecule has 2 rings (SSSR count). The van der Waals surface area contributed by atoms with Crippen molar-refractivity contribution in [1.82, 2.24) is 0 Å². The van der Waals surface area contributed by atoms with Crippen molar-refractivity contribution >= 4 is 5.69 Å². The molecule has 0 fully saturated rings. The minimum absolute atomic E-state index is 0.269. The monoisotopic (exact) mass is 212 g/mol. The summed E-state index contributed by atoms with van der Waals surface area (Å²) in [6, 6.07) is 13.6. The second-order valence-corrected chi connectivity index (χ2v) is 3.29. The van der Waals surface area contributed by atoms with Gasteiger partial charge in [0, 0.05) is 5.56 Å². The molecule has 0 unspecified atom stereocenters. The molecule has 2 aromatic carbocycles. The highest BCUT2D eigenvalue weighted by molar-refractivity contribution is 5.78. The topological polar surface area (TPSA) is 35.8 Å². The number of rotatable bonds is 2. The molecule has 0 saturated heterocycles. The predicted octanol–water partition coefficient (Wildman–Crippen LogP) is 3.39. The molecule has 0 aliphatic rings. The van der Waals surface area contributed by atoms with Crippen molar-refractivity contribution in [2.45, 2.75) is 0 Å². The SMILES string of the molecule is N#CNc1ccccc1-c1ccc(F)cc1. The fraction of sp³-hybridized carbons (Fsp3) is 0. The summed E-state index contributed by atoms with van der Waals surface area (Å²) in [5.41, 5.74) is 2.47. The molecule has 0 aliphatic carbocycles. The number of hydrogen-bond acceptors (Lipinski definition) is 2. The van der Waals surface area contributed by atoms with Crippen LogP contribution in [0.1, 0.15) is 0 Å². The van der Waals surface area contributed by atoms with Gasteiger partial charge in [-0.1, -0.05) is 30.3 Å². The van der Waals surface area contributed by atoms with E-state index in [4.69, 9.17) is 5.26 Å². The highest BCUT2D eigenvalue weighted by Crippen LogP contribution is 2.27. The highest BCUT2D eigenvalue weighted by atomic mass is 19.1. The van der Waals surface area contributed by atoms with E-state index in [9.17, 15) is 4.39 Å². The Labute approximate surface area is 93.0 Å². The molecule has 0 spiro atoms. The molecule has 0 aromatic heterocycles. The second kappa shape index (κ2) is 4.45. The van der Waals surface area contributed by atoms with Gasteiger partial charge in [-0.3, -0.25) is 5.32 Å². The molecule has 0 aliphatic heterocycles. The Hall–Kier alpha value is -2.34. The van der Waals surface area contributed by atoms with Crippen molar-refractivity contribution in [1.29, 1.82) is 5.26 Å². The Balaban J connectivity index is 2.47. The molecule has 0 amide bonds. The van der Waals surface area contributed by atoms with E-state index in [0.717, 1.165) is 16.8 Å². The average molecular weight is 212 g/mol. The van der Waals surface area contributed by atoms with Crippen LogP contribution in [-0.2, 0) is 0 Å². The zero-order valence-electron chi connectivity index (χ0n) is 8.44. The molecule has 78 valence electrons. The van der Waals surface area contributed by atoms with Gasteiger partial charge in [-0.15, -0.1) is 0 Å². The van der Waals surface area contributed by atoms with Crippen LogP contribution in [0.25, 0.3) is 11.1 Å². The van der Waals surface area contributed by atoms with Crippen LogP contribution in [0.15, 0.2) is 48.5 Å². The third kappa shape index (κ3) is 2.01. The van der Waals surface area contributed by atoms with Crippen LogP contribution in [0.5, 0.6) is 0 Å². The molecular formula is C13H9FN2. The van der Waals surface area contributed by atoms with Gasteiger partial charge in [0.1, 0.15) is 5.82 Å². The van der Waals surface area contributed by atoms with E-state index in [2.05, 4.69) is 5.32 Å². The quantitative estimate of drug-likeness (QED) is 0.611. The van der Waals surface area contributed by atoms with Crippen LogP contribution in [0.2, 0.25) is 0 Å². The summed E-state index contributed by atoms with van der Waals surface area (Å²) in [6.07, 6.45) is 1.88. The third-order valence-corrected chi connectivity index (χ3v) is 2.27. The number of nitrogens with zero attached hydrogens (tertiary/aromatic N) is 1. The van der Waals surface area contributed by atoms with Gasteiger partial charge in [0.25, 0.3) is 0 Å². The minimum atomic E-state index is -0.269. The number of hydrogen-bond donors (Lipinski definition) is 1. The van der Waals surface area contributed by atoms with Gasteiger partial charge in [0.15, 0.2) is 6.19 Å². The summed E-state index contributed by atoms with van der Waals surface area (Å²) in [5, 5.41) is 11.2. The van der Waals surface area contributed by atoms with E-state index < -0.39 is 0 Å². The van der Waals surface area contributed by atoms with E-state index in [1.807, 2.05) is 30.5 Å². The molecular weight excluding hydrogens is 203 g/mol. The molecule has 0 saturated carbocycles. The zero-order chi connectivity index (χ0) is 11.4. The van der Waals surface area contributed by atoms with E-state index in [0.29, 0.717) is 0 Å². The average Bonchev–Trinajstić information content (AvgIpc) is 2.32. The molecule has 3 heteroatoms. The standard InChI is InChI=1S/C13H9FN2/c14-11-7-5-10(6-8-11)12-3-1-2-4-13(12)16-9-15/h1-8,16H. The Morgan fingerprint density at radius 2 is 1.69 bits per heavy atom. The summed E-state index contributed by atoms with van der Waals surface area (Å²) in [5.74, 6) is -0.269. The van der Waals surface area contributed by atoms with Crippen LogP contribution in [0.4, 0.5) is 10.1 Å². The molecule has 16 heavy (non-hydrogen) atoms. The van der Waals surface area contributed by atoms with Crippen molar-refractivity contribution in [3.05, 3.63) is 54.3 Å². The van der Waals surface area contributed by atoms with Gasteiger partial charge >= 0.3 is 0 Å². The van der Waals surface area contributed by atoms with E-state index in [1.54, 1.807) is 12.1 Å². The van der Waals surface area contributed by atoms with Gasteiger partial charge in [0.2, 0.25) is 0 Å². The smallest absolute Gasteiger partial charge is 0.181 e. The van der Waals surface area contributed by atoms with E-state index in [-0.39, 0.29) is 5.82 Å². The predicted molar refractivity (Wildman–Crippen MR) is 61.1 cm³/mol. The highest BCUT2D eigenvalue weighted by Gasteiger charge is 2.03. The van der Waals surface area contributed by atoms with E-state index >= 15 is 0 Å².